The molecular weight excluding hydrogens is 1020 g/mol. The summed E-state index contributed by atoms with van der Waals surface area (Å²) in [6.45, 7) is 41.5. The van der Waals surface area contributed by atoms with E-state index < -0.39 is 0 Å². The van der Waals surface area contributed by atoms with Crippen LogP contribution in [0.4, 0.5) is 0 Å². The topological polar surface area (TPSA) is 149 Å². The summed E-state index contributed by atoms with van der Waals surface area (Å²) in [5.41, 5.74) is 5.54. The minimum Gasteiger partial charge on any atom is -0.493 e. The Kier molecular flexibility index (Phi) is 26.6. The Morgan fingerprint density at radius 2 is 0.613 bits per heavy atom. The summed E-state index contributed by atoms with van der Waals surface area (Å²) in [5, 5.41) is 8.57. The van der Waals surface area contributed by atoms with Crippen LogP contribution in [0.5, 0.6) is 5.75 Å². The SMILES string of the molecule is CC1(CO)COC1.CC1(COCC2(C)COC2)COC1.CC1(COCc2ccc(COCC3(C)COC3)cc2)COC1.CC1(COCc2ccccc2)COC1.CC1(COc2ccccc2)COC1.CCCCOCC1(C)COC1. The fourth-order valence-electron chi connectivity index (χ4n) is 8.71. The third-order valence-electron chi connectivity index (χ3n) is 14.9. The van der Waals surface area contributed by atoms with Crippen molar-refractivity contribution in [2.75, 3.05) is 165 Å². The molecule has 8 aliphatic rings. The van der Waals surface area contributed by atoms with E-state index >= 15 is 0 Å². The van der Waals surface area contributed by atoms with Crippen molar-refractivity contribution < 1.29 is 71.4 Å². The van der Waals surface area contributed by atoms with E-state index in [9.17, 15) is 0 Å². The van der Waals surface area contributed by atoms with E-state index in [0.717, 1.165) is 164 Å². The maximum atomic E-state index is 8.57. The zero-order chi connectivity index (χ0) is 57.3. The second-order valence-electron chi connectivity index (χ2n) is 26.9. The molecule has 15 heteroatoms. The molecule has 0 atom stereocenters. The lowest BCUT2D eigenvalue weighted by Crippen LogP contribution is -2.47. The van der Waals surface area contributed by atoms with Crippen LogP contribution in [-0.2, 0) is 81.4 Å². The summed E-state index contributed by atoms with van der Waals surface area (Å²) < 4.78 is 75.1. The van der Waals surface area contributed by atoms with Gasteiger partial charge in [0.2, 0.25) is 0 Å². The van der Waals surface area contributed by atoms with Crippen molar-refractivity contribution in [1.29, 1.82) is 0 Å². The van der Waals surface area contributed by atoms with E-state index in [2.05, 4.69) is 91.8 Å². The largest absolute Gasteiger partial charge is 0.493 e. The fourth-order valence-corrected chi connectivity index (χ4v) is 8.71. The third-order valence-corrected chi connectivity index (χ3v) is 14.9. The molecular formula is C65H102O15. The van der Waals surface area contributed by atoms with Gasteiger partial charge in [-0.1, -0.05) is 142 Å². The molecule has 8 saturated heterocycles. The van der Waals surface area contributed by atoms with Gasteiger partial charge < -0.3 is 71.4 Å². The van der Waals surface area contributed by atoms with Crippen LogP contribution in [0.2, 0.25) is 0 Å². The molecule has 1 N–H and O–H groups in total. The number of aliphatic hydroxyl groups is 1. The fraction of sp³-hybridized carbons (Fsp3) is 0.723. The van der Waals surface area contributed by atoms with Crippen molar-refractivity contribution in [2.45, 2.75) is 95.0 Å². The predicted molar refractivity (Wildman–Crippen MR) is 309 cm³/mol. The van der Waals surface area contributed by atoms with E-state index in [-0.39, 0.29) is 44.5 Å². The van der Waals surface area contributed by atoms with Crippen molar-refractivity contribution in [3.05, 3.63) is 102 Å². The molecule has 0 spiro atoms. The molecule has 0 bridgehead atoms. The summed E-state index contributed by atoms with van der Waals surface area (Å²) in [7, 11) is 0. The Morgan fingerprint density at radius 3 is 0.887 bits per heavy atom. The van der Waals surface area contributed by atoms with Crippen LogP contribution >= 0.6 is 0 Å². The zero-order valence-corrected chi connectivity index (χ0v) is 50.5. The molecule has 3 aromatic rings. The number of hydrogen-bond donors (Lipinski definition) is 1. The molecule has 0 aliphatic carbocycles. The second-order valence-corrected chi connectivity index (χ2v) is 26.9. The van der Waals surface area contributed by atoms with Crippen LogP contribution in [0, 0.1) is 43.3 Å². The predicted octanol–water partition coefficient (Wildman–Crippen LogP) is 10.1. The van der Waals surface area contributed by atoms with Crippen molar-refractivity contribution in [1.82, 2.24) is 0 Å². The standard InChI is InChI=1S/C18H26O4.C12H16O2.C11H14O2.C10H18O3.C9H18O2.C5H10O2/c1-17(11-21-12-17)9-19-7-15-3-5-16(6-4-15)8-20-10-18(2)13-22-14-18;1-12(9-14-10-12)8-13-7-11-5-3-2-4-6-11;1-11(7-12-8-11)9-13-10-5-3-2-4-6-10;1-9(3-11-4-9)7-13-8-10(2)5-12-6-10;1-3-4-5-10-6-9(2)7-11-8-9;1-5(2-6)3-7-4-5/h3-6H,7-14H2,1-2H3;2-6H,7-10H2,1H3;2-6H,7-9H2,1H3;3-8H2,1-2H3;3-8H2,1-2H3;6H,2-4H2,1H3. The molecule has 8 heterocycles. The minimum absolute atomic E-state index is 0.0972. The average Bonchev–Trinajstić information content (AvgIpc) is 3.39. The molecule has 0 unspecified atom stereocenters. The average molecular weight is 1120 g/mol. The summed E-state index contributed by atoms with van der Waals surface area (Å²) in [4.78, 5) is 0. The van der Waals surface area contributed by atoms with Gasteiger partial charge in [-0.15, -0.1) is 0 Å². The molecule has 11 rings (SSSR count). The number of ether oxygens (including phenoxy) is 14. The zero-order valence-electron chi connectivity index (χ0n) is 50.5. The van der Waals surface area contributed by atoms with Crippen molar-refractivity contribution >= 4 is 0 Å². The Hall–Kier alpha value is -3.10. The molecule has 0 amide bonds. The van der Waals surface area contributed by atoms with E-state index in [4.69, 9.17) is 71.4 Å². The highest BCUT2D eigenvalue weighted by atomic mass is 16.5. The number of rotatable bonds is 25. The third kappa shape index (κ3) is 23.5. The van der Waals surface area contributed by atoms with Gasteiger partial charge in [0.15, 0.2) is 0 Å². The lowest BCUT2D eigenvalue weighted by Gasteiger charge is -2.41. The summed E-state index contributed by atoms with van der Waals surface area (Å²) in [6, 6.07) is 28.6. The molecule has 452 valence electrons. The van der Waals surface area contributed by atoms with Gasteiger partial charge in [0, 0.05) is 49.9 Å². The Morgan fingerprint density at radius 1 is 0.338 bits per heavy atom. The van der Waals surface area contributed by atoms with E-state index in [1.165, 1.54) is 29.5 Å². The van der Waals surface area contributed by atoms with Crippen LogP contribution in [0.15, 0.2) is 84.9 Å². The summed E-state index contributed by atoms with van der Waals surface area (Å²) >= 11 is 0. The van der Waals surface area contributed by atoms with Gasteiger partial charge in [0.05, 0.1) is 178 Å². The molecule has 0 radical (unpaired) electrons. The molecule has 3 aromatic carbocycles. The number of para-hydroxylation sites is 1. The molecule has 8 fully saturated rings. The molecule has 80 heavy (non-hydrogen) atoms. The van der Waals surface area contributed by atoms with Gasteiger partial charge in [-0.25, -0.2) is 0 Å². The van der Waals surface area contributed by atoms with Crippen LogP contribution in [0.3, 0.4) is 0 Å². The van der Waals surface area contributed by atoms with Gasteiger partial charge in [-0.3, -0.25) is 0 Å². The number of unbranched alkanes of at least 4 members (excludes halogenated alkanes) is 1. The van der Waals surface area contributed by atoms with Gasteiger partial charge in [-0.05, 0) is 35.2 Å². The van der Waals surface area contributed by atoms with Crippen molar-refractivity contribution in [3.63, 3.8) is 0 Å². The van der Waals surface area contributed by atoms with E-state index in [0.29, 0.717) is 25.2 Å². The van der Waals surface area contributed by atoms with Gasteiger partial charge in [0.25, 0.3) is 0 Å². The van der Waals surface area contributed by atoms with E-state index in [1.54, 1.807) is 0 Å². The summed E-state index contributed by atoms with van der Waals surface area (Å²) in [6.07, 6.45) is 2.39. The van der Waals surface area contributed by atoms with Gasteiger partial charge in [-0.2, -0.15) is 0 Å². The Bertz CT molecular complexity index is 2040. The van der Waals surface area contributed by atoms with Crippen LogP contribution < -0.4 is 4.74 Å². The lowest BCUT2D eigenvalue weighted by molar-refractivity contribution is -0.174. The highest BCUT2D eigenvalue weighted by Crippen LogP contribution is 2.33. The minimum atomic E-state index is 0.0972. The monoisotopic (exact) mass is 1120 g/mol. The van der Waals surface area contributed by atoms with Gasteiger partial charge in [0.1, 0.15) is 5.75 Å². The maximum absolute atomic E-state index is 8.57. The summed E-state index contributed by atoms with van der Waals surface area (Å²) in [5.74, 6) is 0.940. The molecule has 0 aromatic heterocycles. The first kappa shape index (κ1) is 66.0. The highest BCUT2D eigenvalue weighted by Gasteiger charge is 2.39. The number of benzene rings is 3. The molecule has 0 saturated carbocycles. The van der Waals surface area contributed by atoms with Crippen LogP contribution in [0.25, 0.3) is 0 Å². The first-order valence-corrected chi connectivity index (χ1v) is 29.2. The Labute approximate surface area is 480 Å². The number of hydrogen-bond acceptors (Lipinski definition) is 15. The van der Waals surface area contributed by atoms with Gasteiger partial charge >= 0.3 is 0 Å². The number of aliphatic hydroxyl groups excluding tert-OH is 1. The van der Waals surface area contributed by atoms with Crippen molar-refractivity contribution in [2.24, 2.45) is 43.3 Å². The normalized spacial score (nSPS) is 22.4. The van der Waals surface area contributed by atoms with Crippen LogP contribution in [-0.4, -0.2) is 170 Å². The smallest absolute Gasteiger partial charge is 0.119 e. The highest BCUT2D eigenvalue weighted by molar-refractivity contribution is 5.22. The molecule has 8 aliphatic heterocycles. The van der Waals surface area contributed by atoms with Crippen molar-refractivity contribution in [3.8, 4) is 5.75 Å². The maximum Gasteiger partial charge on any atom is 0.119 e. The molecule has 15 nitrogen and oxygen atoms in total. The first-order valence-electron chi connectivity index (χ1n) is 29.2. The van der Waals surface area contributed by atoms with E-state index in [1.807, 2.05) is 55.5 Å². The van der Waals surface area contributed by atoms with Crippen LogP contribution in [0.1, 0.15) is 91.8 Å². The second kappa shape index (κ2) is 32.3. The first-order chi connectivity index (χ1) is 38.3. The Balaban J connectivity index is 0.000000160. The lowest BCUT2D eigenvalue weighted by atomic mass is 9.88. The quantitative estimate of drug-likeness (QED) is 0.0802.